The van der Waals surface area contributed by atoms with E-state index in [1.165, 1.54) is 12.8 Å². The first-order valence-electron chi connectivity index (χ1n) is 20.2. The van der Waals surface area contributed by atoms with E-state index in [2.05, 4.69) is 24.7 Å². The van der Waals surface area contributed by atoms with Gasteiger partial charge in [-0.25, -0.2) is 9.18 Å². The third-order valence-corrected chi connectivity index (χ3v) is 8.90. The number of rotatable bonds is 32. The molecule has 0 aliphatic rings. The molecule has 0 bridgehead atoms. The predicted molar refractivity (Wildman–Crippen MR) is 215 cm³/mol. The van der Waals surface area contributed by atoms with E-state index < -0.39 is 12.2 Å². The molecule has 13 heteroatoms. The number of quaternary nitrogens is 2. The molecule has 0 saturated heterocycles. The number of nitrogens with zero attached hydrogens (tertiary/aromatic N) is 2. The van der Waals surface area contributed by atoms with Gasteiger partial charge in [0.25, 0.3) is 11.8 Å². The van der Waals surface area contributed by atoms with Crippen LogP contribution >= 0.6 is 0 Å². The fourth-order valence-corrected chi connectivity index (χ4v) is 6.13. The fourth-order valence-electron chi connectivity index (χ4n) is 6.13. The second-order valence-corrected chi connectivity index (χ2v) is 15.1. The van der Waals surface area contributed by atoms with Crippen LogP contribution in [0.3, 0.4) is 0 Å². The van der Waals surface area contributed by atoms with Crippen LogP contribution in [-0.2, 0) is 14.2 Å². The number of unbranched alkanes of at least 4 members (excludes halogenated alkanes) is 6. The molecule has 312 valence electrons. The molecule has 2 unspecified atom stereocenters. The number of carbonyl (C=O) groups excluding carboxylic acids is 2. The maximum atomic E-state index is 13.1. The van der Waals surface area contributed by atoms with Gasteiger partial charge in [-0.1, -0.05) is 89.5 Å². The number of nitrogens with one attached hydrogen (secondary N) is 2. The third-order valence-electron chi connectivity index (χ3n) is 8.90. The monoisotopic (exact) mass is 777 g/mol. The van der Waals surface area contributed by atoms with Crippen LogP contribution in [0.25, 0.3) is 0 Å². The summed E-state index contributed by atoms with van der Waals surface area (Å²) in [7, 11) is 7.46. The molecule has 0 aromatic heterocycles. The van der Waals surface area contributed by atoms with Crippen LogP contribution in [0.4, 0.5) is 0 Å². The molecular formula is C42H72N4O9+2. The standard InChI is InChI=1S/C42H70N4O9/c1-7-9-11-13-19-35(47)33-45(3,4)43-41(49)37-21-15-17-23-39(37)54-31-29-52-27-25-51-26-28-53-30-32-55-40-24-18-16-22-38(40)42(50)44-46(5,6)34-36(48)20-14-12-10-8-2/h15-18,21-24,35-36,47-48H,7-14,19-20,25-34H2,1-6H3/p+2. The van der Waals surface area contributed by atoms with Crippen molar-refractivity contribution in [1.29, 1.82) is 0 Å². The van der Waals surface area contributed by atoms with E-state index in [0.29, 0.717) is 75.4 Å². The first-order valence-corrected chi connectivity index (χ1v) is 20.2. The number of amides is 2. The van der Waals surface area contributed by atoms with Gasteiger partial charge in [-0.2, -0.15) is 10.9 Å². The zero-order chi connectivity index (χ0) is 40.4. The Labute approximate surface area is 330 Å². The van der Waals surface area contributed by atoms with Crippen molar-refractivity contribution in [1.82, 2.24) is 10.9 Å². The number of likely N-dealkylation sites (N-methyl/N-ethyl adjacent to an activating group) is 2. The summed E-state index contributed by atoms with van der Waals surface area (Å²) in [6.45, 7) is 7.91. The molecule has 2 aromatic carbocycles. The van der Waals surface area contributed by atoms with Crippen molar-refractivity contribution in [2.24, 2.45) is 0 Å². The van der Waals surface area contributed by atoms with Gasteiger partial charge >= 0.3 is 0 Å². The quantitative estimate of drug-likeness (QED) is 0.0442. The average molecular weight is 777 g/mol. The summed E-state index contributed by atoms with van der Waals surface area (Å²) >= 11 is 0. The van der Waals surface area contributed by atoms with E-state index in [1.54, 1.807) is 36.4 Å². The molecule has 0 aliphatic carbocycles. The van der Waals surface area contributed by atoms with Gasteiger partial charge in [0.2, 0.25) is 0 Å². The third kappa shape index (κ3) is 21.5. The molecule has 55 heavy (non-hydrogen) atoms. The highest BCUT2D eigenvalue weighted by atomic mass is 16.6. The smallest absolute Gasteiger partial charge is 0.299 e. The molecule has 0 radical (unpaired) electrons. The van der Waals surface area contributed by atoms with Gasteiger partial charge in [-0.3, -0.25) is 9.59 Å². The van der Waals surface area contributed by atoms with Crippen LogP contribution in [0.2, 0.25) is 0 Å². The van der Waals surface area contributed by atoms with Crippen LogP contribution in [0.15, 0.2) is 48.5 Å². The van der Waals surface area contributed by atoms with Gasteiger partial charge < -0.3 is 33.9 Å². The topological polar surface area (TPSA) is 145 Å². The van der Waals surface area contributed by atoms with Crippen molar-refractivity contribution < 1.29 is 52.7 Å². The number of hydrogen-bond donors (Lipinski definition) is 4. The van der Waals surface area contributed by atoms with E-state index in [9.17, 15) is 19.8 Å². The van der Waals surface area contributed by atoms with E-state index in [-0.39, 0.29) is 34.2 Å². The normalized spacial score (nSPS) is 12.9. The Morgan fingerprint density at radius 2 is 0.891 bits per heavy atom. The summed E-state index contributed by atoms with van der Waals surface area (Å²) in [5.41, 5.74) is 6.84. The lowest BCUT2D eigenvalue weighted by atomic mass is 10.1. The van der Waals surface area contributed by atoms with E-state index in [0.717, 1.165) is 51.4 Å². The van der Waals surface area contributed by atoms with Crippen molar-refractivity contribution in [2.45, 2.75) is 90.3 Å². The van der Waals surface area contributed by atoms with Gasteiger partial charge in [0.15, 0.2) is 0 Å². The molecular weight excluding hydrogens is 704 g/mol. The van der Waals surface area contributed by atoms with Gasteiger partial charge in [0, 0.05) is 0 Å². The minimum atomic E-state index is -0.488. The fraction of sp³-hybridized carbons (Fsp3) is 0.667. The van der Waals surface area contributed by atoms with Crippen LogP contribution < -0.4 is 20.3 Å². The van der Waals surface area contributed by atoms with E-state index in [1.807, 2.05) is 40.3 Å². The van der Waals surface area contributed by atoms with Gasteiger partial charge in [0.1, 0.15) is 50.0 Å². The lowest BCUT2D eigenvalue weighted by Gasteiger charge is -2.31. The molecule has 0 heterocycles. The Morgan fingerprint density at radius 1 is 0.545 bits per heavy atom. The van der Waals surface area contributed by atoms with Gasteiger partial charge in [0.05, 0.1) is 79.0 Å². The highest BCUT2D eigenvalue weighted by Crippen LogP contribution is 2.20. The lowest BCUT2D eigenvalue weighted by molar-refractivity contribution is -0.927. The summed E-state index contributed by atoms with van der Waals surface area (Å²) in [5.74, 6) is 0.398. The minimum Gasteiger partial charge on any atom is -0.490 e. The summed E-state index contributed by atoms with van der Waals surface area (Å²) < 4.78 is 28.9. The van der Waals surface area contributed by atoms with Crippen LogP contribution in [0.1, 0.15) is 98.8 Å². The van der Waals surface area contributed by atoms with Crippen molar-refractivity contribution in [3.63, 3.8) is 0 Å². The Hall–Kier alpha value is -3.30. The molecule has 0 saturated carbocycles. The maximum Gasteiger partial charge on any atom is 0.299 e. The van der Waals surface area contributed by atoms with Crippen LogP contribution in [-0.4, -0.2) is 138 Å². The summed E-state index contributed by atoms with van der Waals surface area (Å²) in [5, 5.41) is 21.0. The van der Waals surface area contributed by atoms with Crippen LogP contribution in [0.5, 0.6) is 11.5 Å². The Kier molecular flexibility index (Phi) is 23.8. The number of para-hydroxylation sites is 2. The largest absolute Gasteiger partial charge is 0.490 e. The van der Waals surface area contributed by atoms with Gasteiger partial charge in [-0.05, 0) is 37.1 Å². The summed E-state index contributed by atoms with van der Waals surface area (Å²) in [6.07, 6.45) is 9.27. The highest BCUT2D eigenvalue weighted by molar-refractivity contribution is 5.96. The molecule has 13 nitrogen and oxygen atoms in total. The molecule has 2 aromatic rings. The number of aliphatic hydroxyl groups excluding tert-OH is 2. The summed E-state index contributed by atoms with van der Waals surface area (Å²) in [6, 6.07) is 14.2. The number of aliphatic hydroxyl groups is 2. The Bertz CT molecular complexity index is 1240. The van der Waals surface area contributed by atoms with Crippen molar-refractivity contribution in [2.75, 3.05) is 94.1 Å². The van der Waals surface area contributed by atoms with E-state index in [4.69, 9.17) is 23.7 Å². The van der Waals surface area contributed by atoms with Crippen molar-refractivity contribution >= 4 is 11.8 Å². The number of carbonyl (C=O) groups is 2. The summed E-state index contributed by atoms with van der Waals surface area (Å²) in [4.78, 5) is 26.2. The molecule has 0 spiro atoms. The second kappa shape index (κ2) is 27.3. The first kappa shape index (κ1) is 47.9. The second-order valence-electron chi connectivity index (χ2n) is 15.1. The Morgan fingerprint density at radius 3 is 1.25 bits per heavy atom. The number of ether oxygens (including phenoxy) is 5. The first-order chi connectivity index (χ1) is 26.4. The molecule has 2 atom stereocenters. The van der Waals surface area contributed by atoms with Crippen molar-refractivity contribution in [3.05, 3.63) is 59.7 Å². The molecule has 0 fully saturated rings. The maximum absolute atomic E-state index is 13.1. The van der Waals surface area contributed by atoms with E-state index >= 15 is 0 Å². The number of hydrogen-bond acceptors (Lipinski definition) is 9. The Balaban J connectivity index is 1.59. The predicted octanol–water partition coefficient (Wildman–Crippen LogP) is 5.30. The van der Waals surface area contributed by atoms with Gasteiger partial charge in [-0.15, -0.1) is 0 Å². The SMILES string of the molecule is CCCCCCC(O)C[N+](C)(C)NC(=O)c1ccccc1OCCOCCOCCOCCOc1ccccc1C(=O)N[N+](C)(C)CC(O)CCCCCC. The zero-order valence-electron chi connectivity index (χ0n) is 34.6. The highest BCUT2D eigenvalue weighted by Gasteiger charge is 2.27. The minimum absolute atomic E-state index is 0.157. The number of benzene rings is 2. The van der Waals surface area contributed by atoms with Crippen LogP contribution in [0, 0.1) is 0 Å². The molecule has 2 rings (SSSR count). The molecule has 0 aliphatic heterocycles. The lowest BCUT2D eigenvalue weighted by Crippen LogP contribution is -2.57. The molecule has 4 N–H and O–H groups in total. The molecule has 2 amide bonds. The average Bonchev–Trinajstić information content (AvgIpc) is 3.13. The van der Waals surface area contributed by atoms with Crippen molar-refractivity contribution in [3.8, 4) is 11.5 Å². The zero-order valence-corrected chi connectivity index (χ0v) is 34.6.